The Bertz CT molecular complexity index is 303. The van der Waals surface area contributed by atoms with Gasteiger partial charge < -0.3 is 9.64 Å². The topological polar surface area (TPSA) is 12.5 Å². The maximum Gasteiger partial charge on any atom is 0.0482 e. The van der Waals surface area contributed by atoms with E-state index in [4.69, 9.17) is 4.74 Å². The van der Waals surface area contributed by atoms with Crippen LogP contribution in [0.4, 0.5) is 0 Å². The van der Waals surface area contributed by atoms with Crippen molar-refractivity contribution in [2.24, 2.45) is 0 Å². The molecule has 0 spiro atoms. The molecule has 0 amide bonds. The summed E-state index contributed by atoms with van der Waals surface area (Å²) in [5.41, 5.74) is 2.75. The van der Waals surface area contributed by atoms with Crippen molar-refractivity contribution >= 4 is 0 Å². The number of ether oxygens (including phenoxy) is 1. The predicted molar refractivity (Wildman–Crippen MR) is 96.7 cm³/mol. The molecule has 0 atom stereocenters. The van der Waals surface area contributed by atoms with E-state index >= 15 is 0 Å². The molecule has 0 radical (unpaired) electrons. The Balaban J connectivity index is 0. The minimum atomic E-state index is 0.816. The monoisotopic (exact) mass is 295 g/mol. The van der Waals surface area contributed by atoms with Crippen molar-refractivity contribution in [3.05, 3.63) is 35.6 Å². The van der Waals surface area contributed by atoms with Crippen LogP contribution in [0.2, 0.25) is 0 Å². The molecule has 21 heavy (non-hydrogen) atoms. The van der Waals surface area contributed by atoms with Gasteiger partial charge in [-0.25, -0.2) is 0 Å². The molecule has 0 aromatic carbocycles. The first kappa shape index (κ1) is 22.3. The van der Waals surface area contributed by atoms with Crippen LogP contribution in [0.1, 0.15) is 60.8 Å². The molecule has 2 nitrogen and oxygen atoms in total. The number of nitrogens with zero attached hydrogens (tertiary/aromatic N) is 1. The Kier molecular flexibility index (Phi) is 18.1. The Labute approximate surface area is 133 Å². The first-order valence-corrected chi connectivity index (χ1v) is 8.64. The number of allylic oxidation sites excluding steroid dienone is 5. The highest BCUT2D eigenvalue weighted by Gasteiger charge is 2.03. The van der Waals surface area contributed by atoms with Crippen molar-refractivity contribution in [3.8, 4) is 0 Å². The van der Waals surface area contributed by atoms with Gasteiger partial charge in [-0.05, 0) is 32.3 Å². The lowest BCUT2D eigenvalue weighted by Crippen LogP contribution is -2.19. The molecule has 0 aromatic heterocycles. The third-order valence-corrected chi connectivity index (χ3v) is 3.01. The summed E-state index contributed by atoms with van der Waals surface area (Å²) in [5, 5.41) is 0. The maximum atomic E-state index is 5.36. The summed E-state index contributed by atoms with van der Waals surface area (Å²) in [7, 11) is 2.15. The zero-order chi connectivity index (χ0) is 16.5. The summed E-state index contributed by atoms with van der Waals surface area (Å²) >= 11 is 0. The smallest absolute Gasteiger partial charge is 0.0482 e. The van der Waals surface area contributed by atoms with Crippen molar-refractivity contribution in [2.45, 2.75) is 60.8 Å². The maximum absolute atomic E-state index is 5.36. The fourth-order valence-corrected chi connectivity index (χ4v) is 1.88. The van der Waals surface area contributed by atoms with Gasteiger partial charge in [0, 0.05) is 32.5 Å². The highest BCUT2D eigenvalue weighted by Crippen LogP contribution is 2.15. The van der Waals surface area contributed by atoms with Crippen LogP contribution in [0.15, 0.2) is 35.6 Å². The van der Waals surface area contributed by atoms with Gasteiger partial charge in [-0.15, -0.1) is 0 Å². The summed E-state index contributed by atoms with van der Waals surface area (Å²) in [5.74, 6) is 0. The molecular weight excluding hydrogens is 258 g/mol. The SMILES string of the molecule is CC.CC.CCOCCCN(C)C1=CCC=C(CC)C=C1. The standard InChI is InChI=1S/C15H25NO.2C2H6/c1-4-14-8-6-9-15(11-10-14)16(3)12-7-13-17-5-2;2*1-2/h8-11H,4-7,12-13H2,1-3H3;2*1-2H3. The summed E-state index contributed by atoms with van der Waals surface area (Å²) in [6.07, 6.45) is 12.3. The zero-order valence-corrected chi connectivity index (χ0v) is 15.4. The number of rotatable bonds is 7. The van der Waals surface area contributed by atoms with E-state index in [1.54, 1.807) is 0 Å². The summed E-state index contributed by atoms with van der Waals surface area (Å²) in [4.78, 5) is 2.31. The van der Waals surface area contributed by atoms with Crippen LogP contribution < -0.4 is 0 Å². The Morgan fingerprint density at radius 2 is 1.71 bits per heavy atom. The normalized spacial score (nSPS) is 12.9. The first-order valence-electron chi connectivity index (χ1n) is 8.64. The summed E-state index contributed by atoms with van der Waals surface area (Å²) < 4.78 is 5.36. The van der Waals surface area contributed by atoms with Gasteiger partial charge in [0.1, 0.15) is 0 Å². The molecule has 0 aliphatic heterocycles. The van der Waals surface area contributed by atoms with Crippen molar-refractivity contribution in [1.82, 2.24) is 4.90 Å². The fourth-order valence-electron chi connectivity index (χ4n) is 1.88. The second-order valence-corrected chi connectivity index (χ2v) is 4.30. The molecule has 0 saturated heterocycles. The number of hydrogen-bond acceptors (Lipinski definition) is 2. The molecule has 1 aliphatic carbocycles. The van der Waals surface area contributed by atoms with Gasteiger partial charge in [0.2, 0.25) is 0 Å². The highest BCUT2D eigenvalue weighted by molar-refractivity contribution is 5.31. The van der Waals surface area contributed by atoms with Crippen LogP contribution in [0.5, 0.6) is 0 Å². The van der Waals surface area contributed by atoms with E-state index in [9.17, 15) is 0 Å². The van der Waals surface area contributed by atoms with E-state index in [0.717, 1.165) is 39.0 Å². The van der Waals surface area contributed by atoms with Gasteiger partial charge in [0.15, 0.2) is 0 Å². The van der Waals surface area contributed by atoms with Crippen molar-refractivity contribution in [1.29, 1.82) is 0 Å². The molecule has 124 valence electrons. The van der Waals surface area contributed by atoms with E-state index in [1.165, 1.54) is 11.3 Å². The molecule has 0 saturated carbocycles. The zero-order valence-electron chi connectivity index (χ0n) is 15.4. The molecule has 0 bridgehead atoms. The summed E-state index contributed by atoms with van der Waals surface area (Å²) in [6, 6.07) is 0. The molecule has 0 aromatic rings. The molecule has 0 fully saturated rings. The van der Waals surface area contributed by atoms with E-state index < -0.39 is 0 Å². The molecule has 0 unspecified atom stereocenters. The third kappa shape index (κ3) is 11.3. The fraction of sp³-hybridized carbons (Fsp3) is 0.684. The summed E-state index contributed by atoms with van der Waals surface area (Å²) in [6.45, 7) is 15.0. The van der Waals surface area contributed by atoms with Crippen molar-refractivity contribution < 1.29 is 4.74 Å². The van der Waals surface area contributed by atoms with Gasteiger partial charge in [-0.3, -0.25) is 0 Å². The van der Waals surface area contributed by atoms with Crippen LogP contribution in [-0.2, 0) is 4.74 Å². The minimum Gasteiger partial charge on any atom is -0.382 e. The molecule has 1 aliphatic rings. The van der Waals surface area contributed by atoms with Crippen molar-refractivity contribution in [2.75, 3.05) is 26.8 Å². The first-order chi connectivity index (χ1) is 10.3. The van der Waals surface area contributed by atoms with Gasteiger partial charge in [-0.2, -0.15) is 0 Å². The van der Waals surface area contributed by atoms with Crippen LogP contribution in [-0.4, -0.2) is 31.7 Å². The quantitative estimate of drug-likeness (QED) is 0.569. The van der Waals surface area contributed by atoms with Gasteiger partial charge in [0.25, 0.3) is 0 Å². The number of likely N-dealkylation sites (N-methyl/N-ethyl adjacent to an activating group) is 1. The Hall–Kier alpha value is -1.02. The lowest BCUT2D eigenvalue weighted by Gasteiger charge is -2.20. The van der Waals surface area contributed by atoms with Crippen LogP contribution >= 0.6 is 0 Å². The molecule has 2 heteroatoms. The third-order valence-electron chi connectivity index (χ3n) is 3.01. The van der Waals surface area contributed by atoms with Gasteiger partial charge in [0.05, 0.1) is 0 Å². The molecule has 0 N–H and O–H groups in total. The van der Waals surface area contributed by atoms with E-state index in [0.29, 0.717) is 0 Å². The average molecular weight is 296 g/mol. The lowest BCUT2D eigenvalue weighted by atomic mass is 10.2. The highest BCUT2D eigenvalue weighted by atomic mass is 16.5. The minimum absolute atomic E-state index is 0.816. The largest absolute Gasteiger partial charge is 0.382 e. The van der Waals surface area contributed by atoms with E-state index in [1.807, 2.05) is 34.6 Å². The van der Waals surface area contributed by atoms with Gasteiger partial charge >= 0.3 is 0 Å². The molecule has 1 rings (SSSR count). The van der Waals surface area contributed by atoms with E-state index in [-0.39, 0.29) is 0 Å². The molecular formula is C19H37NO. The Morgan fingerprint density at radius 3 is 2.29 bits per heavy atom. The Morgan fingerprint density at radius 1 is 1.05 bits per heavy atom. The second kappa shape index (κ2) is 17.0. The van der Waals surface area contributed by atoms with Crippen LogP contribution in [0.3, 0.4) is 0 Å². The van der Waals surface area contributed by atoms with Crippen LogP contribution in [0, 0.1) is 0 Å². The van der Waals surface area contributed by atoms with Crippen LogP contribution in [0.25, 0.3) is 0 Å². The van der Waals surface area contributed by atoms with Crippen molar-refractivity contribution in [3.63, 3.8) is 0 Å². The lowest BCUT2D eigenvalue weighted by molar-refractivity contribution is 0.139. The second-order valence-electron chi connectivity index (χ2n) is 4.30. The number of hydrogen-bond donors (Lipinski definition) is 0. The van der Waals surface area contributed by atoms with Gasteiger partial charge in [-0.1, -0.05) is 58.4 Å². The van der Waals surface area contributed by atoms with E-state index in [2.05, 4.69) is 43.2 Å². The average Bonchev–Trinajstić information content (AvgIpc) is 2.81. The molecule has 0 heterocycles. The predicted octanol–water partition coefficient (Wildman–Crippen LogP) is 5.58.